The van der Waals surface area contributed by atoms with Crippen LogP contribution in [-0.4, -0.2) is 17.3 Å². The van der Waals surface area contributed by atoms with E-state index in [1.54, 1.807) is 23.9 Å². The third-order valence-corrected chi connectivity index (χ3v) is 2.11. The Hall–Kier alpha value is -0.700. The maximum Gasteiger partial charge on any atom is 0.207 e. The molecule has 0 saturated heterocycles. The van der Waals surface area contributed by atoms with Crippen LogP contribution in [0.15, 0.2) is 22.8 Å². The molecule has 60 valence electrons. The minimum Gasteiger partial charge on any atom is -0.461 e. The van der Waals surface area contributed by atoms with Crippen LogP contribution < -0.4 is 0 Å². The smallest absolute Gasteiger partial charge is 0.207 e. The van der Waals surface area contributed by atoms with Crippen LogP contribution in [0.2, 0.25) is 0 Å². The number of Topliss-reactive ketones (excluding diaryl/α,β-unsaturated/α-hetero) is 1. The second-order valence-corrected chi connectivity index (χ2v) is 3.31. The van der Waals surface area contributed by atoms with E-state index in [1.807, 2.05) is 6.92 Å². The lowest BCUT2D eigenvalue weighted by molar-refractivity contribution is 0.0992. The number of carbonyl (C=O) groups excluding carboxylic acids is 1. The fourth-order valence-corrected chi connectivity index (χ4v) is 1.23. The number of furan rings is 1. The van der Waals surface area contributed by atoms with Gasteiger partial charge in [-0.15, -0.1) is 0 Å². The molecule has 0 fully saturated rings. The summed E-state index contributed by atoms with van der Waals surface area (Å²) in [6, 6.07) is 3.42. The molecule has 0 spiro atoms. The van der Waals surface area contributed by atoms with Crippen molar-refractivity contribution in [3.63, 3.8) is 0 Å². The van der Waals surface area contributed by atoms with Gasteiger partial charge in [0.15, 0.2) is 5.76 Å². The van der Waals surface area contributed by atoms with E-state index in [-0.39, 0.29) is 5.78 Å². The van der Waals surface area contributed by atoms with Crippen LogP contribution in [0.4, 0.5) is 0 Å². The zero-order valence-corrected chi connectivity index (χ0v) is 7.19. The molecule has 1 aromatic heterocycles. The molecule has 1 aromatic rings. The van der Waals surface area contributed by atoms with Gasteiger partial charge in [0.1, 0.15) is 0 Å². The summed E-state index contributed by atoms with van der Waals surface area (Å²) in [5.41, 5.74) is 0. The summed E-state index contributed by atoms with van der Waals surface area (Å²) in [6.45, 7) is 2.03. The fraction of sp³-hybridized carbons (Fsp3) is 0.375. The van der Waals surface area contributed by atoms with Gasteiger partial charge in [0, 0.05) is 0 Å². The third kappa shape index (κ3) is 2.42. The van der Waals surface area contributed by atoms with Crippen LogP contribution >= 0.6 is 11.8 Å². The van der Waals surface area contributed by atoms with Crippen molar-refractivity contribution in [1.29, 1.82) is 0 Å². The van der Waals surface area contributed by atoms with Crippen LogP contribution in [0.3, 0.4) is 0 Å². The summed E-state index contributed by atoms with van der Waals surface area (Å²) in [5.74, 6) is 2.02. The highest BCUT2D eigenvalue weighted by Crippen LogP contribution is 2.06. The molecule has 1 rings (SSSR count). The Morgan fingerprint density at radius 2 is 2.55 bits per heavy atom. The van der Waals surface area contributed by atoms with Gasteiger partial charge in [-0.2, -0.15) is 11.8 Å². The summed E-state index contributed by atoms with van der Waals surface area (Å²) in [6.07, 6.45) is 1.52. The first kappa shape index (κ1) is 8.40. The van der Waals surface area contributed by atoms with Gasteiger partial charge < -0.3 is 4.42 Å². The quantitative estimate of drug-likeness (QED) is 0.649. The summed E-state index contributed by atoms with van der Waals surface area (Å²) in [7, 11) is 0. The molecular weight excluding hydrogens is 160 g/mol. The SMILES string of the molecule is CCSCC(=O)c1ccco1. The van der Waals surface area contributed by atoms with Gasteiger partial charge >= 0.3 is 0 Å². The third-order valence-electron chi connectivity index (χ3n) is 1.23. The topological polar surface area (TPSA) is 30.2 Å². The van der Waals surface area contributed by atoms with Gasteiger partial charge in [0.2, 0.25) is 5.78 Å². The first-order valence-electron chi connectivity index (χ1n) is 3.49. The van der Waals surface area contributed by atoms with Crippen LogP contribution in [0.5, 0.6) is 0 Å². The highest BCUT2D eigenvalue weighted by atomic mass is 32.2. The molecule has 1 heterocycles. The van der Waals surface area contributed by atoms with Gasteiger partial charge in [-0.1, -0.05) is 6.92 Å². The van der Waals surface area contributed by atoms with Gasteiger partial charge in [-0.3, -0.25) is 4.79 Å². The van der Waals surface area contributed by atoms with E-state index in [2.05, 4.69) is 0 Å². The molecule has 0 radical (unpaired) electrons. The summed E-state index contributed by atoms with van der Waals surface area (Å²) >= 11 is 1.60. The lowest BCUT2D eigenvalue weighted by atomic mass is 10.3. The average molecular weight is 170 g/mol. The van der Waals surface area contributed by atoms with Crippen LogP contribution in [0.1, 0.15) is 17.5 Å². The van der Waals surface area contributed by atoms with Gasteiger partial charge in [0.25, 0.3) is 0 Å². The minimum absolute atomic E-state index is 0.0712. The Morgan fingerprint density at radius 1 is 1.73 bits per heavy atom. The highest BCUT2D eigenvalue weighted by molar-refractivity contribution is 7.99. The first-order valence-corrected chi connectivity index (χ1v) is 4.64. The van der Waals surface area contributed by atoms with E-state index in [4.69, 9.17) is 4.42 Å². The molecule has 0 N–H and O–H groups in total. The average Bonchev–Trinajstić information content (AvgIpc) is 2.52. The zero-order valence-electron chi connectivity index (χ0n) is 6.37. The fourth-order valence-electron chi connectivity index (χ4n) is 0.703. The predicted molar refractivity (Wildman–Crippen MR) is 46.0 cm³/mol. The second kappa shape index (κ2) is 4.23. The van der Waals surface area contributed by atoms with Crippen molar-refractivity contribution >= 4 is 17.5 Å². The summed E-state index contributed by atoms with van der Waals surface area (Å²) in [5, 5.41) is 0. The van der Waals surface area contributed by atoms with E-state index in [0.717, 1.165) is 5.75 Å². The van der Waals surface area contributed by atoms with Crippen molar-refractivity contribution < 1.29 is 9.21 Å². The molecule has 3 heteroatoms. The molecule has 0 aliphatic rings. The number of thioether (sulfide) groups is 1. The molecule has 11 heavy (non-hydrogen) atoms. The van der Waals surface area contributed by atoms with Crippen molar-refractivity contribution in [1.82, 2.24) is 0 Å². The number of carbonyl (C=O) groups is 1. The molecule has 0 saturated carbocycles. The first-order chi connectivity index (χ1) is 5.34. The Bertz CT molecular complexity index is 216. The number of ketones is 1. The number of hydrogen-bond acceptors (Lipinski definition) is 3. The summed E-state index contributed by atoms with van der Waals surface area (Å²) < 4.78 is 4.93. The summed E-state index contributed by atoms with van der Waals surface area (Å²) in [4.78, 5) is 11.2. The molecule has 2 nitrogen and oxygen atoms in total. The van der Waals surface area contributed by atoms with Crippen LogP contribution in [0, 0.1) is 0 Å². The predicted octanol–water partition coefficient (Wildman–Crippen LogP) is 2.22. The van der Waals surface area contributed by atoms with Crippen molar-refractivity contribution in [3.05, 3.63) is 24.2 Å². The van der Waals surface area contributed by atoms with E-state index in [9.17, 15) is 4.79 Å². The maximum absolute atomic E-state index is 11.2. The second-order valence-electron chi connectivity index (χ2n) is 2.04. The van der Waals surface area contributed by atoms with E-state index < -0.39 is 0 Å². The lowest BCUT2D eigenvalue weighted by Gasteiger charge is -1.93. The Labute approximate surface area is 70.0 Å². The minimum atomic E-state index is 0.0712. The Balaban J connectivity index is 2.43. The van der Waals surface area contributed by atoms with Crippen LogP contribution in [0.25, 0.3) is 0 Å². The molecule has 0 amide bonds. The van der Waals surface area contributed by atoms with Crippen LogP contribution in [-0.2, 0) is 0 Å². The van der Waals surface area contributed by atoms with Crippen molar-refractivity contribution in [2.75, 3.05) is 11.5 Å². The standard InChI is InChI=1S/C8H10O2S/c1-2-11-6-7(9)8-4-3-5-10-8/h3-5H,2,6H2,1H3. The van der Waals surface area contributed by atoms with Gasteiger partial charge in [-0.05, 0) is 17.9 Å². The Kier molecular flexibility index (Phi) is 3.23. The highest BCUT2D eigenvalue weighted by Gasteiger charge is 2.06. The zero-order chi connectivity index (χ0) is 8.10. The monoisotopic (exact) mass is 170 g/mol. The lowest BCUT2D eigenvalue weighted by Crippen LogP contribution is -2.00. The van der Waals surface area contributed by atoms with E-state index >= 15 is 0 Å². The maximum atomic E-state index is 11.2. The van der Waals surface area contributed by atoms with E-state index in [0.29, 0.717) is 11.5 Å². The molecule has 0 aromatic carbocycles. The van der Waals surface area contributed by atoms with Gasteiger partial charge in [0.05, 0.1) is 12.0 Å². The van der Waals surface area contributed by atoms with Gasteiger partial charge in [-0.25, -0.2) is 0 Å². The molecule has 0 aliphatic carbocycles. The largest absolute Gasteiger partial charge is 0.461 e. The van der Waals surface area contributed by atoms with Crippen molar-refractivity contribution in [2.24, 2.45) is 0 Å². The van der Waals surface area contributed by atoms with Crippen molar-refractivity contribution in [3.8, 4) is 0 Å². The number of rotatable bonds is 4. The normalized spacial score (nSPS) is 9.91. The molecular formula is C8H10O2S. The molecule has 0 unspecified atom stereocenters. The molecule has 0 bridgehead atoms. The Morgan fingerprint density at radius 3 is 3.09 bits per heavy atom. The number of hydrogen-bond donors (Lipinski definition) is 0. The molecule has 0 aliphatic heterocycles. The van der Waals surface area contributed by atoms with E-state index in [1.165, 1.54) is 6.26 Å². The van der Waals surface area contributed by atoms with Crippen molar-refractivity contribution in [2.45, 2.75) is 6.92 Å². The molecule has 0 atom stereocenters.